The Bertz CT molecular complexity index is 1140. The second kappa shape index (κ2) is 9.00. The third kappa shape index (κ3) is 4.92. The van der Waals surface area contributed by atoms with Crippen molar-refractivity contribution in [3.05, 3.63) is 70.0 Å². The molecule has 0 spiro atoms. The summed E-state index contributed by atoms with van der Waals surface area (Å²) in [6.07, 6.45) is -3.25. The van der Waals surface area contributed by atoms with Gasteiger partial charge in [0.15, 0.2) is 5.69 Å². The van der Waals surface area contributed by atoms with Gasteiger partial charge in [-0.1, -0.05) is 47.1 Å². The van der Waals surface area contributed by atoms with Gasteiger partial charge < -0.3 is 5.32 Å². The highest BCUT2D eigenvalue weighted by Gasteiger charge is 2.43. The third-order valence-corrected chi connectivity index (χ3v) is 6.76. The van der Waals surface area contributed by atoms with Crippen LogP contribution in [0.25, 0.3) is 0 Å². The maximum Gasteiger partial charge on any atom is 0.436 e. The number of aromatic nitrogens is 2. The van der Waals surface area contributed by atoms with Crippen molar-refractivity contribution in [1.82, 2.24) is 9.78 Å². The fourth-order valence-electron chi connectivity index (χ4n) is 3.26. The molecule has 1 aromatic heterocycles. The average molecular weight is 500 g/mol. The summed E-state index contributed by atoms with van der Waals surface area (Å²) >= 11 is 13.4. The summed E-state index contributed by atoms with van der Waals surface area (Å²) in [6.45, 7) is 1.51. The number of rotatable bonds is 6. The molecule has 168 valence electrons. The Kier molecular flexibility index (Phi) is 6.47. The van der Waals surface area contributed by atoms with Gasteiger partial charge in [-0.25, -0.2) is 0 Å². The molecule has 1 aliphatic carbocycles. The van der Waals surface area contributed by atoms with Gasteiger partial charge in [0.25, 0.3) is 0 Å². The van der Waals surface area contributed by atoms with Gasteiger partial charge in [0.05, 0.1) is 16.4 Å². The molecule has 10 heteroatoms. The van der Waals surface area contributed by atoms with Crippen molar-refractivity contribution in [3.63, 3.8) is 0 Å². The van der Waals surface area contributed by atoms with Crippen LogP contribution < -0.4 is 5.32 Å². The molecule has 32 heavy (non-hydrogen) atoms. The third-order valence-electron chi connectivity index (χ3n) is 5.05. The molecule has 4 nitrogen and oxygen atoms in total. The highest BCUT2D eigenvalue weighted by Crippen LogP contribution is 2.47. The van der Waals surface area contributed by atoms with Crippen LogP contribution in [0, 0.1) is 0 Å². The number of amides is 1. The maximum atomic E-state index is 13.4. The first-order valence-corrected chi connectivity index (χ1v) is 11.4. The first-order valence-electron chi connectivity index (χ1n) is 9.83. The van der Waals surface area contributed by atoms with Crippen LogP contribution >= 0.6 is 35.0 Å². The molecule has 0 saturated heterocycles. The van der Waals surface area contributed by atoms with Crippen LogP contribution in [0.15, 0.2) is 58.3 Å². The van der Waals surface area contributed by atoms with Crippen molar-refractivity contribution in [1.29, 1.82) is 0 Å². The number of carbonyl (C=O) groups excluding carboxylic acids is 1. The average Bonchev–Trinajstić information content (AvgIpc) is 3.51. The minimum atomic E-state index is -4.69. The molecule has 0 aliphatic heterocycles. The molecule has 1 fully saturated rings. The molecule has 1 unspecified atom stereocenters. The van der Waals surface area contributed by atoms with Gasteiger partial charge in [0.2, 0.25) is 5.91 Å². The van der Waals surface area contributed by atoms with Crippen molar-refractivity contribution in [2.75, 3.05) is 5.32 Å². The quantitative estimate of drug-likeness (QED) is 0.383. The number of para-hydroxylation sites is 1. The van der Waals surface area contributed by atoms with Gasteiger partial charge in [0.1, 0.15) is 6.04 Å². The molecule has 0 bridgehead atoms. The van der Waals surface area contributed by atoms with Crippen molar-refractivity contribution >= 4 is 46.6 Å². The summed E-state index contributed by atoms with van der Waals surface area (Å²) in [5.74, 6) is -0.599. The van der Waals surface area contributed by atoms with E-state index in [1.807, 2.05) is 24.3 Å². The summed E-state index contributed by atoms with van der Waals surface area (Å²) in [5, 5.41) is 6.71. The van der Waals surface area contributed by atoms with E-state index >= 15 is 0 Å². The van der Waals surface area contributed by atoms with Crippen LogP contribution in [0.3, 0.4) is 0 Å². The fourth-order valence-corrected chi connectivity index (χ4v) is 4.68. The second-order valence-corrected chi connectivity index (χ2v) is 9.41. The summed E-state index contributed by atoms with van der Waals surface area (Å²) < 4.78 is 41.2. The molecule has 1 heterocycles. The monoisotopic (exact) mass is 499 g/mol. The van der Waals surface area contributed by atoms with Crippen LogP contribution in [-0.4, -0.2) is 15.7 Å². The summed E-state index contributed by atoms with van der Waals surface area (Å²) in [4.78, 5) is 14.7. The molecule has 2 aromatic carbocycles. The topological polar surface area (TPSA) is 46.9 Å². The number of anilines is 1. The lowest BCUT2D eigenvalue weighted by Crippen LogP contribution is -2.26. The van der Waals surface area contributed by atoms with E-state index in [0.29, 0.717) is 10.7 Å². The van der Waals surface area contributed by atoms with E-state index in [2.05, 4.69) is 10.4 Å². The van der Waals surface area contributed by atoms with Crippen LogP contribution in [-0.2, 0) is 11.0 Å². The zero-order valence-corrected chi connectivity index (χ0v) is 19.1. The second-order valence-electron chi connectivity index (χ2n) is 7.48. The van der Waals surface area contributed by atoms with E-state index in [1.54, 1.807) is 24.3 Å². The van der Waals surface area contributed by atoms with E-state index in [-0.39, 0.29) is 11.6 Å². The number of nitrogens with one attached hydrogen (secondary N) is 1. The number of carbonyl (C=O) groups is 1. The standard InChI is InChI=1S/C22H18Cl2F3N3OS/c1-12(30-19(13-6-7-13)18(24)20(29-30)22(25,26)27)21(31)28-16-4-2-3-5-17(16)32-15-10-8-14(23)9-11-15/h2-5,8-13H,6-7H2,1H3,(H,28,31). The number of hydrogen-bond donors (Lipinski definition) is 1. The normalized spacial score (nSPS) is 14.9. The predicted molar refractivity (Wildman–Crippen MR) is 120 cm³/mol. The Morgan fingerprint density at radius 1 is 1.16 bits per heavy atom. The molecule has 1 amide bonds. The summed E-state index contributed by atoms with van der Waals surface area (Å²) in [6, 6.07) is 13.5. The van der Waals surface area contributed by atoms with Gasteiger partial charge in [0, 0.05) is 20.7 Å². The summed E-state index contributed by atoms with van der Waals surface area (Å²) in [7, 11) is 0. The highest BCUT2D eigenvalue weighted by molar-refractivity contribution is 7.99. The smallest absolute Gasteiger partial charge is 0.323 e. The minimum absolute atomic E-state index is 0.117. The Hall–Kier alpha value is -2.16. The van der Waals surface area contributed by atoms with Crippen molar-refractivity contribution in [2.24, 2.45) is 0 Å². The fraction of sp³-hybridized carbons (Fsp3) is 0.273. The number of hydrogen-bond acceptors (Lipinski definition) is 3. The Labute approximate surface area is 197 Å². The number of alkyl halides is 3. The Balaban J connectivity index is 1.58. The van der Waals surface area contributed by atoms with E-state index in [9.17, 15) is 18.0 Å². The van der Waals surface area contributed by atoms with Gasteiger partial charge in [-0.05, 0) is 56.2 Å². The van der Waals surface area contributed by atoms with Crippen LogP contribution in [0.5, 0.6) is 0 Å². The van der Waals surface area contributed by atoms with Crippen molar-refractivity contribution in [2.45, 2.75) is 47.7 Å². The molecular formula is C22H18Cl2F3N3OS. The largest absolute Gasteiger partial charge is 0.436 e. The Morgan fingerprint density at radius 2 is 1.81 bits per heavy atom. The van der Waals surface area contributed by atoms with E-state index in [1.165, 1.54) is 18.7 Å². The molecular weight excluding hydrogens is 482 g/mol. The van der Waals surface area contributed by atoms with Gasteiger partial charge >= 0.3 is 6.18 Å². The number of nitrogens with zero attached hydrogens (tertiary/aromatic N) is 2. The summed E-state index contributed by atoms with van der Waals surface area (Å²) in [5.41, 5.74) is -0.337. The van der Waals surface area contributed by atoms with E-state index < -0.39 is 28.8 Å². The molecule has 3 aromatic rings. The molecule has 1 N–H and O–H groups in total. The molecule has 1 atom stereocenters. The SMILES string of the molecule is CC(C(=O)Nc1ccccc1Sc1ccc(Cl)cc1)n1nc(C(F)(F)F)c(Cl)c1C1CC1. The van der Waals surface area contributed by atoms with Crippen molar-refractivity contribution < 1.29 is 18.0 Å². The molecule has 4 rings (SSSR count). The van der Waals surface area contributed by atoms with Crippen LogP contribution in [0.2, 0.25) is 10.0 Å². The highest BCUT2D eigenvalue weighted by atomic mass is 35.5. The predicted octanol–water partition coefficient (Wildman–Crippen LogP) is 7.44. The first-order chi connectivity index (χ1) is 15.1. The molecule has 1 saturated carbocycles. The molecule has 0 radical (unpaired) electrons. The van der Waals surface area contributed by atoms with Gasteiger partial charge in [-0.3, -0.25) is 9.48 Å². The maximum absolute atomic E-state index is 13.4. The zero-order chi connectivity index (χ0) is 23.0. The van der Waals surface area contributed by atoms with Crippen LogP contribution in [0.1, 0.15) is 43.1 Å². The zero-order valence-electron chi connectivity index (χ0n) is 16.8. The lowest BCUT2D eigenvalue weighted by molar-refractivity contribution is -0.141. The Morgan fingerprint density at radius 3 is 2.44 bits per heavy atom. The lowest BCUT2D eigenvalue weighted by Gasteiger charge is -2.17. The molecule has 1 aliphatic rings. The van der Waals surface area contributed by atoms with E-state index in [0.717, 1.165) is 27.3 Å². The van der Waals surface area contributed by atoms with Gasteiger partial charge in [-0.2, -0.15) is 18.3 Å². The number of benzene rings is 2. The van der Waals surface area contributed by atoms with Crippen LogP contribution in [0.4, 0.5) is 18.9 Å². The lowest BCUT2D eigenvalue weighted by atomic mass is 10.2. The minimum Gasteiger partial charge on any atom is -0.323 e. The number of halogens is 5. The van der Waals surface area contributed by atoms with Gasteiger partial charge in [-0.15, -0.1) is 0 Å². The van der Waals surface area contributed by atoms with Crippen molar-refractivity contribution in [3.8, 4) is 0 Å². The first kappa shape index (κ1) is 23.0. The van der Waals surface area contributed by atoms with E-state index in [4.69, 9.17) is 23.2 Å².